The Morgan fingerprint density at radius 2 is 1.91 bits per heavy atom. The van der Waals surface area contributed by atoms with Crippen LogP contribution in [-0.2, 0) is 19.1 Å². The number of carbonyl (C=O) groups is 3. The van der Waals surface area contributed by atoms with Crippen LogP contribution in [0.15, 0.2) is 18.2 Å². The van der Waals surface area contributed by atoms with Crippen molar-refractivity contribution in [2.24, 2.45) is 0 Å². The smallest absolute Gasteiger partial charge is 0.413 e. The minimum absolute atomic E-state index is 0.333. The second-order valence-electron chi connectivity index (χ2n) is 4.60. The second-order valence-corrected chi connectivity index (χ2v) is 4.60. The molecule has 0 bridgehead atoms. The van der Waals surface area contributed by atoms with Crippen molar-refractivity contribution in [1.82, 2.24) is 5.32 Å². The molecule has 0 radical (unpaired) electrons. The van der Waals surface area contributed by atoms with E-state index in [1.165, 1.54) is 6.92 Å². The number of ether oxygens (including phenoxy) is 3. The van der Waals surface area contributed by atoms with Crippen molar-refractivity contribution in [3.63, 3.8) is 0 Å². The van der Waals surface area contributed by atoms with Crippen LogP contribution in [0.3, 0.4) is 0 Å². The van der Waals surface area contributed by atoms with Gasteiger partial charge in [-0.2, -0.15) is 0 Å². The van der Waals surface area contributed by atoms with Crippen LogP contribution in [0.1, 0.15) is 18.1 Å². The molecule has 120 valence electrons. The van der Waals surface area contributed by atoms with Gasteiger partial charge in [-0.05, 0) is 38.0 Å². The maximum absolute atomic E-state index is 11.6. The Bertz CT molecular complexity index is 569. The molecule has 0 saturated carbocycles. The molecule has 0 spiro atoms. The Hall–Kier alpha value is -2.57. The molecule has 7 heteroatoms. The van der Waals surface area contributed by atoms with E-state index in [1.807, 2.05) is 31.3 Å². The van der Waals surface area contributed by atoms with Crippen LogP contribution >= 0.6 is 0 Å². The second kappa shape index (κ2) is 8.02. The highest BCUT2D eigenvalue weighted by Crippen LogP contribution is 2.20. The predicted octanol–water partition coefficient (Wildman–Crippen LogP) is 1.50. The molecule has 22 heavy (non-hydrogen) atoms. The van der Waals surface area contributed by atoms with Gasteiger partial charge in [0.15, 0.2) is 12.7 Å². The SMILES string of the molecule is COC(=O)NC(=O)[C@@H](C)OC(=O)COc1cccc(C)c1C. The van der Waals surface area contributed by atoms with Gasteiger partial charge in [-0.25, -0.2) is 9.59 Å². The van der Waals surface area contributed by atoms with Crippen molar-refractivity contribution < 1.29 is 28.6 Å². The largest absolute Gasteiger partial charge is 0.482 e. The van der Waals surface area contributed by atoms with E-state index in [9.17, 15) is 14.4 Å². The molecule has 2 amide bonds. The fourth-order valence-corrected chi connectivity index (χ4v) is 1.56. The summed E-state index contributed by atoms with van der Waals surface area (Å²) in [6.45, 7) is 4.82. The molecule has 0 saturated heterocycles. The van der Waals surface area contributed by atoms with Crippen LogP contribution in [0.25, 0.3) is 0 Å². The molecular formula is C15H19NO6. The third kappa shape index (κ3) is 5.08. The summed E-state index contributed by atoms with van der Waals surface area (Å²) in [5.74, 6) is -0.913. The predicted molar refractivity (Wildman–Crippen MR) is 77.5 cm³/mol. The number of imide groups is 1. The first kappa shape index (κ1) is 17.5. The maximum atomic E-state index is 11.6. The van der Waals surface area contributed by atoms with Gasteiger partial charge in [-0.1, -0.05) is 12.1 Å². The number of nitrogens with one attached hydrogen (secondary N) is 1. The lowest BCUT2D eigenvalue weighted by molar-refractivity contribution is -0.156. The first-order valence-corrected chi connectivity index (χ1v) is 6.62. The summed E-state index contributed by atoms with van der Waals surface area (Å²) in [6, 6.07) is 5.48. The summed E-state index contributed by atoms with van der Waals surface area (Å²) in [5.41, 5.74) is 1.96. The van der Waals surface area contributed by atoms with Gasteiger partial charge in [-0.15, -0.1) is 0 Å². The van der Waals surface area contributed by atoms with E-state index in [1.54, 1.807) is 6.07 Å². The quantitative estimate of drug-likeness (QED) is 0.829. The van der Waals surface area contributed by atoms with Crippen LogP contribution < -0.4 is 10.1 Å². The van der Waals surface area contributed by atoms with E-state index in [4.69, 9.17) is 9.47 Å². The molecule has 0 fully saturated rings. The highest BCUT2D eigenvalue weighted by molar-refractivity contribution is 5.95. The van der Waals surface area contributed by atoms with Crippen LogP contribution in [0.5, 0.6) is 5.75 Å². The summed E-state index contributed by atoms with van der Waals surface area (Å²) in [4.78, 5) is 34.0. The van der Waals surface area contributed by atoms with Crippen LogP contribution in [0.2, 0.25) is 0 Å². The molecule has 0 aliphatic rings. The van der Waals surface area contributed by atoms with Crippen LogP contribution in [0.4, 0.5) is 4.79 Å². The third-order valence-electron chi connectivity index (χ3n) is 2.99. The van der Waals surface area contributed by atoms with E-state index in [0.717, 1.165) is 18.2 Å². The number of hydrogen-bond acceptors (Lipinski definition) is 6. The molecule has 1 rings (SSSR count). The van der Waals surface area contributed by atoms with Crippen molar-refractivity contribution in [2.45, 2.75) is 26.9 Å². The Balaban J connectivity index is 2.47. The van der Waals surface area contributed by atoms with Gasteiger partial charge < -0.3 is 14.2 Å². The molecule has 0 aliphatic carbocycles. The zero-order valence-electron chi connectivity index (χ0n) is 13.0. The Morgan fingerprint density at radius 3 is 2.55 bits per heavy atom. The van der Waals surface area contributed by atoms with Crippen molar-refractivity contribution in [1.29, 1.82) is 0 Å². The van der Waals surface area contributed by atoms with Gasteiger partial charge in [0.05, 0.1) is 7.11 Å². The number of rotatable bonds is 5. The van der Waals surface area contributed by atoms with Gasteiger partial charge in [-0.3, -0.25) is 10.1 Å². The molecule has 1 atom stereocenters. The lowest BCUT2D eigenvalue weighted by atomic mass is 10.1. The Kier molecular flexibility index (Phi) is 6.37. The number of benzene rings is 1. The molecule has 1 N–H and O–H groups in total. The van der Waals surface area contributed by atoms with E-state index in [2.05, 4.69) is 4.74 Å². The summed E-state index contributed by atoms with van der Waals surface area (Å²) >= 11 is 0. The van der Waals surface area contributed by atoms with Gasteiger partial charge in [0.25, 0.3) is 5.91 Å². The fourth-order valence-electron chi connectivity index (χ4n) is 1.56. The average Bonchev–Trinajstić information content (AvgIpc) is 2.48. The first-order chi connectivity index (χ1) is 10.3. The summed E-state index contributed by atoms with van der Waals surface area (Å²) in [7, 11) is 1.12. The highest BCUT2D eigenvalue weighted by Gasteiger charge is 2.20. The van der Waals surface area contributed by atoms with Crippen molar-refractivity contribution >= 4 is 18.0 Å². The van der Waals surface area contributed by atoms with E-state index in [0.29, 0.717) is 5.75 Å². The summed E-state index contributed by atoms with van der Waals surface area (Å²) in [5, 5.41) is 1.91. The van der Waals surface area contributed by atoms with Gasteiger partial charge in [0, 0.05) is 0 Å². The van der Waals surface area contributed by atoms with Crippen molar-refractivity contribution in [3.8, 4) is 5.75 Å². The molecule has 0 aliphatic heterocycles. The average molecular weight is 309 g/mol. The van der Waals surface area contributed by atoms with Gasteiger partial charge in [0.2, 0.25) is 0 Å². The van der Waals surface area contributed by atoms with Crippen molar-refractivity contribution in [2.75, 3.05) is 13.7 Å². The molecule has 1 aromatic rings. The number of alkyl carbamates (subject to hydrolysis) is 1. The van der Waals surface area contributed by atoms with E-state index in [-0.39, 0.29) is 6.61 Å². The number of hydrogen-bond donors (Lipinski definition) is 1. The number of methoxy groups -OCH3 is 1. The number of amides is 2. The minimum Gasteiger partial charge on any atom is -0.482 e. The minimum atomic E-state index is -1.13. The van der Waals surface area contributed by atoms with Gasteiger partial charge >= 0.3 is 12.1 Å². The normalized spacial score (nSPS) is 11.3. The van der Waals surface area contributed by atoms with Crippen LogP contribution in [-0.4, -0.2) is 37.8 Å². The molecule has 0 heterocycles. The maximum Gasteiger partial charge on any atom is 0.413 e. The number of aryl methyl sites for hydroxylation is 1. The topological polar surface area (TPSA) is 90.9 Å². The molecule has 0 unspecified atom stereocenters. The van der Waals surface area contributed by atoms with E-state index >= 15 is 0 Å². The van der Waals surface area contributed by atoms with Crippen molar-refractivity contribution in [3.05, 3.63) is 29.3 Å². The lowest BCUT2D eigenvalue weighted by Crippen LogP contribution is -2.40. The van der Waals surface area contributed by atoms with E-state index < -0.39 is 24.1 Å². The van der Waals surface area contributed by atoms with Crippen LogP contribution in [0, 0.1) is 13.8 Å². The molecule has 7 nitrogen and oxygen atoms in total. The number of carbonyl (C=O) groups excluding carboxylic acids is 3. The Labute approximate surface area is 128 Å². The monoisotopic (exact) mass is 309 g/mol. The first-order valence-electron chi connectivity index (χ1n) is 6.62. The third-order valence-corrected chi connectivity index (χ3v) is 2.99. The Morgan fingerprint density at radius 1 is 1.23 bits per heavy atom. The zero-order valence-corrected chi connectivity index (χ0v) is 13.0. The highest BCUT2D eigenvalue weighted by atomic mass is 16.6. The zero-order chi connectivity index (χ0) is 16.7. The lowest BCUT2D eigenvalue weighted by Gasteiger charge is -2.14. The summed E-state index contributed by atoms with van der Waals surface area (Å²) in [6.07, 6.45) is -2.05. The van der Waals surface area contributed by atoms with Gasteiger partial charge in [0.1, 0.15) is 5.75 Å². The standard InChI is InChI=1S/C15H19NO6/c1-9-6-5-7-12(10(9)2)21-8-13(17)22-11(3)14(18)16-15(19)20-4/h5-7,11H,8H2,1-4H3,(H,16,18,19)/t11-/m1/s1. The fraction of sp³-hybridized carbons (Fsp3) is 0.400. The molecule has 0 aromatic heterocycles. The molecule has 1 aromatic carbocycles. The summed E-state index contributed by atoms with van der Waals surface area (Å²) < 4.78 is 14.5. The number of esters is 1. The molecular weight excluding hydrogens is 290 g/mol.